The summed E-state index contributed by atoms with van der Waals surface area (Å²) >= 11 is 0. The Morgan fingerprint density at radius 3 is 2.87 bits per heavy atom. The van der Waals surface area contributed by atoms with Crippen molar-refractivity contribution in [2.24, 2.45) is 0 Å². The molecule has 1 amide bonds. The Hall–Kier alpha value is -3.22. The number of aromatic nitrogens is 2. The van der Waals surface area contributed by atoms with E-state index in [-0.39, 0.29) is 5.69 Å². The van der Waals surface area contributed by atoms with E-state index in [4.69, 9.17) is 4.74 Å². The molecule has 0 atom stereocenters. The monoisotopic (exact) mass is 313 g/mol. The van der Waals surface area contributed by atoms with Gasteiger partial charge in [0.05, 0.1) is 0 Å². The summed E-state index contributed by atoms with van der Waals surface area (Å²) in [4.78, 5) is 27.7. The van der Waals surface area contributed by atoms with E-state index in [1.54, 1.807) is 28.8 Å². The molecule has 7 heteroatoms. The Kier molecular flexibility index (Phi) is 4.01. The molecule has 0 unspecified atom stereocenters. The maximum atomic E-state index is 13.0. The lowest BCUT2D eigenvalue weighted by atomic mass is 10.3. The van der Waals surface area contributed by atoms with E-state index in [1.807, 2.05) is 0 Å². The number of carbonyl (C=O) groups excluding carboxylic acids is 2. The van der Waals surface area contributed by atoms with Crippen LogP contribution in [0.5, 0.6) is 0 Å². The van der Waals surface area contributed by atoms with Crippen molar-refractivity contribution in [1.29, 1.82) is 0 Å². The number of amides is 1. The highest BCUT2D eigenvalue weighted by molar-refractivity contribution is 5.95. The molecule has 0 bridgehead atoms. The van der Waals surface area contributed by atoms with Gasteiger partial charge < -0.3 is 14.5 Å². The van der Waals surface area contributed by atoms with Crippen molar-refractivity contribution >= 4 is 23.2 Å². The first-order valence-electron chi connectivity index (χ1n) is 6.78. The molecule has 1 N–H and O–H groups in total. The van der Waals surface area contributed by atoms with Crippen molar-refractivity contribution in [3.8, 4) is 0 Å². The van der Waals surface area contributed by atoms with Crippen LogP contribution in [0.15, 0.2) is 54.9 Å². The highest BCUT2D eigenvalue weighted by Crippen LogP contribution is 2.09. The van der Waals surface area contributed by atoms with Gasteiger partial charge in [-0.3, -0.25) is 4.79 Å². The maximum Gasteiger partial charge on any atom is 0.359 e. The number of ether oxygens (including phenoxy) is 1. The van der Waals surface area contributed by atoms with E-state index in [0.29, 0.717) is 11.3 Å². The summed E-state index contributed by atoms with van der Waals surface area (Å²) in [6, 6.07) is 10.8. The van der Waals surface area contributed by atoms with Crippen molar-refractivity contribution < 1.29 is 18.7 Å². The van der Waals surface area contributed by atoms with Gasteiger partial charge in [0.25, 0.3) is 5.91 Å². The van der Waals surface area contributed by atoms with Crippen LogP contribution in [0.25, 0.3) is 5.65 Å². The summed E-state index contributed by atoms with van der Waals surface area (Å²) in [6.45, 7) is -0.483. The quantitative estimate of drug-likeness (QED) is 0.750. The van der Waals surface area contributed by atoms with Crippen molar-refractivity contribution in [3.63, 3.8) is 0 Å². The van der Waals surface area contributed by atoms with E-state index in [9.17, 15) is 14.0 Å². The molecule has 0 saturated heterocycles. The number of nitrogens with zero attached hydrogens (tertiary/aromatic N) is 2. The fourth-order valence-electron chi connectivity index (χ4n) is 2.00. The molecule has 3 rings (SSSR count). The second-order valence-electron chi connectivity index (χ2n) is 4.73. The van der Waals surface area contributed by atoms with Crippen molar-refractivity contribution in [2.45, 2.75) is 0 Å². The van der Waals surface area contributed by atoms with Crippen LogP contribution in [0.3, 0.4) is 0 Å². The van der Waals surface area contributed by atoms with Gasteiger partial charge in [0.2, 0.25) is 0 Å². The molecule has 0 radical (unpaired) electrons. The topological polar surface area (TPSA) is 72.7 Å². The summed E-state index contributed by atoms with van der Waals surface area (Å²) in [5, 5.41) is 2.43. The predicted octanol–water partition coefficient (Wildman–Crippen LogP) is 2.27. The number of fused-ring (bicyclic) bond motifs is 1. The van der Waals surface area contributed by atoms with Crippen LogP contribution in [-0.4, -0.2) is 27.9 Å². The van der Waals surface area contributed by atoms with Gasteiger partial charge in [0.15, 0.2) is 12.3 Å². The highest BCUT2D eigenvalue weighted by Gasteiger charge is 2.14. The fourth-order valence-corrected chi connectivity index (χ4v) is 2.00. The number of hydrogen-bond acceptors (Lipinski definition) is 4. The molecule has 3 aromatic rings. The fraction of sp³-hybridized carbons (Fsp3) is 0.0625. The second kappa shape index (κ2) is 6.27. The standard InChI is InChI=1S/C16H12FN3O3/c17-11-4-3-5-12(8-11)18-15(21)10-23-16(22)13-9-20-7-2-1-6-14(20)19-13/h1-9H,10H2,(H,18,21). The van der Waals surface area contributed by atoms with E-state index < -0.39 is 24.3 Å². The second-order valence-corrected chi connectivity index (χ2v) is 4.73. The van der Waals surface area contributed by atoms with E-state index in [0.717, 1.165) is 0 Å². The van der Waals surface area contributed by atoms with Gasteiger partial charge in [-0.1, -0.05) is 12.1 Å². The smallest absolute Gasteiger partial charge is 0.359 e. The number of esters is 1. The minimum atomic E-state index is -0.705. The summed E-state index contributed by atoms with van der Waals surface area (Å²) in [7, 11) is 0. The van der Waals surface area contributed by atoms with Crippen LogP contribution in [-0.2, 0) is 9.53 Å². The number of nitrogens with one attached hydrogen (secondary N) is 1. The summed E-state index contributed by atoms with van der Waals surface area (Å²) < 4.78 is 19.6. The first-order valence-corrected chi connectivity index (χ1v) is 6.78. The Labute approximate surface area is 130 Å². The molecule has 2 aromatic heterocycles. The van der Waals surface area contributed by atoms with Gasteiger partial charge in [-0.15, -0.1) is 0 Å². The van der Waals surface area contributed by atoms with Gasteiger partial charge in [0.1, 0.15) is 11.5 Å². The third-order valence-corrected chi connectivity index (χ3v) is 3.02. The molecule has 23 heavy (non-hydrogen) atoms. The number of hydrogen-bond donors (Lipinski definition) is 1. The van der Waals surface area contributed by atoms with Crippen LogP contribution in [0.2, 0.25) is 0 Å². The Bertz CT molecular complexity index is 843. The summed E-state index contributed by atoms with van der Waals surface area (Å²) in [5.41, 5.74) is 0.997. The molecule has 0 aliphatic heterocycles. The van der Waals surface area contributed by atoms with Crippen LogP contribution < -0.4 is 5.32 Å². The predicted molar refractivity (Wildman–Crippen MR) is 80.5 cm³/mol. The molecule has 0 aliphatic carbocycles. The molecule has 6 nitrogen and oxygen atoms in total. The molecule has 0 saturated carbocycles. The van der Waals surface area contributed by atoms with E-state index in [2.05, 4.69) is 10.3 Å². The molecule has 0 fully saturated rings. The maximum absolute atomic E-state index is 13.0. The minimum absolute atomic E-state index is 0.106. The zero-order valence-electron chi connectivity index (χ0n) is 11.9. The lowest BCUT2D eigenvalue weighted by Gasteiger charge is -2.05. The highest BCUT2D eigenvalue weighted by atomic mass is 19.1. The number of benzene rings is 1. The van der Waals surface area contributed by atoms with E-state index >= 15 is 0 Å². The molecular weight excluding hydrogens is 301 g/mol. The normalized spacial score (nSPS) is 10.5. The summed E-state index contributed by atoms with van der Waals surface area (Å²) in [6.07, 6.45) is 3.26. The first kappa shape index (κ1) is 14.7. The molecule has 2 heterocycles. The average molecular weight is 313 g/mol. The van der Waals surface area contributed by atoms with Gasteiger partial charge in [-0.2, -0.15) is 0 Å². The SMILES string of the molecule is O=C(COC(=O)c1cn2ccccc2n1)Nc1cccc(F)c1. The van der Waals surface area contributed by atoms with Crippen molar-refractivity contribution in [2.75, 3.05) is 11.9 Å². The average Bonchev–Trinajstić information content (AvgIpc) is 2.97. The van der Waals surface area contributed by atoms with Crippen molar-refractivity contribution in [1.82, 2.24) is 9.38 Å². The number of carbonyl (C=O) groups is 2. The zero-order valence-corrected chi connectivity index (χ0v) is 11.9. The lowest BCUT2D eigenvalue weighted by molar-refractivity contribution is -0.119. The Balaban J connectivity index is 1.59. The first-order chi connectivity index (χ1) is 11.1. The molecule has 0 spiro atoms. The number of rotatable bonds is 4. The Morgan fingerprint density at radius 1 is 1.22 bits per heavy atom. The van der Waals surface area contributed by atoms with Gasteiger partial charge in [-0.05, 0) is 30.3 Å². The Morgan fingerprint density at radius 2 is 2.09 bits per heavy atom. The number of imidazole rings is 1. The number of pyridine rings is 1. The van der Waals surface area contributed by atoms with Crippen molar-refractivity contribution in [3.05, 3.63) is 66.4 Å². The van der Waals surface area contributed by atoms with Crippen LogP contribution in [0.1, 0.15) is 10.5 Å². The van der Waals surface area contributed by atoms with Crippen LogP contribution in [0.4, 0.5) is 10.1 Å². The largest absolute Gasteiger partial charge is 0.451 e. The third kappa shape index (κ3) is 3.52. The molecular formula is C16H12FN3O3. The van der Waals surface area contributed by atoms with Gasteiger partial charge in [0, 0.05) is 18.1 Å². The van der Waals surface area contributed by atoms with Crippen LogP contribution in [0, 0.1) is 5.82 Å². The van der Waals surface area contributed by atoms with Gasteiger partial charge in [-0.25, -0.2) is 14.2 Å². The molecule has 0 aliphatic rings. The van der Waals surface area contributed by atoms with E-state index in [1.165, 1.54) is 30.5 Å². The van der Waals surface area contributed by atoms with Gasteiger partial charge >= 0.3 is 5.97 Å². The van der Waals surface area contributed by atoms with Crippen LogP contribution >= 0.6 is 0 Å². The lowest BCUT2D eigenvalue weighted by Crippen LogP contribution is -2.21. The molecule has 116 valence electrons. The third-order valence-electron chi connectivity index (χ3n) is 3.02. The zero-order chi connectivity index (χ0) is 16.2. The number of halogens is 1. The number of anilines is 1. The molecule has 1 aromatic carbocycles. The minimum Gasteiger partial charge on any atom is -0.451 e. The summed E-state index contributed by atoms with van der Waals surface area (Å²) in [5.74, 6) is -1.74.